The molecule has 2 atom stereocenters. The van der Waals surface area contributed by atoms with Gasteiger partial charge in [0.05, 0.1) is 12.2 Å². The predicted molar refractivity (Wildman–Crippen MR) is 29.8 cm³/mol. The van der Waals surface area contributed by atoms with E-state index in [9.17, 15) is 0 Å². The third kappa shape index (κ3) is 0.752. The van der Waals surface area contributed by atoms with Crippen molar-refractivity contribution in [3.8, 4) is 0 Å². The van der Waals surface area contributed by atoms with Crippen molar-refractivity contribution in [2.45, 2.75) is 31.5 Å². The summed E-state index contributed by atoms with van der Waals surface area (Å²) < 4.78 is 5.15. The van der Waals surface area contributed by atoms with Gasteiger partial charge >= 0.3 is 0 Å². The lowest BCUT2D eigenvalue weighted by atomic mass is 10.4. The Morgan fingerprint density at radius 2 is 1.71 bits per heavy atom. The second-order valence-electron chi connectivity index (χ2n) is 2.14. The van der Waals surface area contributed by atoms with E-state index in [1.54, 1.807) is 0 Å². The van der Waals surface area contributed by atoms with Crippen LogP contribution >= 0.6 is 12.4 Å². The van der Waals surface area contributed by atoms with Crippen LogP contribution in [-0.2, 0) is 4.74 Å². The predicted octanol–water partition coefficient (Wildman–Crippen LogP) is 1.36. The minimum atomic E-state index is 0. The number of hydrogen-bond acceptors (Lipinski definition) is 1. The standard InChI is InChI=1S/C5H8O.ClH/c1-2-4-5(3-1)6-4;/h4-5H,1-3H2;1H. The van der Waals surface area contributed by atoms with Gasteiger partial charge in [-0.2, -0.15) is 0 Å². The lowest BCUT2D eigenvalue weighted by Gasteiger charge is -1.81. The summed E-state index contributed by atoms with van der Waals surface area (Å²) in [6.45, 7) is 0. The summed E-state index contributed by atoms with van der Waals surface area (Å²) in [5, 5.41) is 0. The zero-order chi connectivity index (χ0) is 3.98. The highest BCUT2D eigenvalue weighted by Crippen LogP contribution is 2.37. The molecular weight excluding hydrogens is 112 g/mol. The van der Waals surface area contributed by atoms with Gasteiger partial charge in [0, 0.05) is 0 Å². The van der Waals surface area contributed by atoms with Crippen LogP contribution in [0, 0.1) is 0 Å². The molecule has 7 heavy (non-hydrogen) atoms. The Kier molecular flexibility index (Phi) is 1.26. The minimum Gasteiger partial charge on any atom is -0.370 e. The Morgan fingerprint density at radius 1 is 1.14 bits per heavy atom. The summed E-state index contributed by atoms with van der Waals surface area (Å²) in [6, 6.07) is 0. The van der Waals surface area contributed by atoms with Crippen molar-refractivity contribution >= 4 is 12.4 Å². The molecule has 2 aliphatic rings. The van der Waals surface area contributed by atoms with Gasteiger partial charge in [-0.3, -0.25) is 0 Å². The normalized spacial score (nSPS) is 44.6. The van der Waals surface area contributed by atoms with Crippen LogP contribution in [0.4, 0.5) is 0 Å². The first-order valence-corrected chi connectivity index (χ1v) is 2.62. The largest absolute Gasteiger partial charge is 0.370 e. The van der Waals surface area contributed by atoms with Gasteiger partial charge in [-0.25, -0.2) is 0 Å². The van der Waals surface area contributed by atoms with Crippen LogP contribution in [0.3, 0.4) is 0 Å². The van der Waals surface area contributed by atoms with E-state index in [1.807, 2.05) is 0 Å². The Hall–Kier alpha value is 0.250. The van der Waals surface area contributed by atoms with Gasteiger partial charge in [0.2, 0.25) is 0 Å². The number of hydrogen-bond donors (Lipinski definition) is 0. The number of fused-ring (bicyclic) bond motifs is 1. The van der Waals surface area contributed by atoms with Gasteiger partial charge in [-0.1, -0.05) is 0 Å². The maximum absolute atomic E-state index is 5.15. The summed E-state index contributed by atoms with van der Waals surface area (Å²) in [5.74, 6) is 0. The van der Waals surface area contributed by atoms with Gasteiger partial charge in [-0.05, 0) is 19.3 Å². The number of halogens is 1. The van der Waals surface area contributed by atoms with Crippen LogP contribution in [0.5, 0.6) is 0 Å². The molecule has 0 aromatic carbocycles. The fourth-order valence-corrected chi connectivity index (χ4v) is 1.21. The average molecular weight is 121 g/mol. The zero-order valence-electron chi connectivity index (χ0n) is 4.09. The van der Waals surface area contributed by atoms with Crippen molar-refractivity contribution in [3.63, 3.8) is 0 Å². The second-order valence-corrected chi connectivity index (χ2v) is 2.14. The Labute approximate surface area is 49.5 Å². The molecule has 0 aromatic rings. The molecule has 1 heterocycles. The van der Waals surface area contributed by atoms with Crippen molar-refractivity contribution in [1.82, 2.24) is 0 Å². The van der Waals surface area contributed by atoms with Crippen LogP contribution < -0.4 is 0 Å². The minimum absolute atomic E-state index is 0. The molecule has 0 aromatic heterocycles. The quantitative estimate of drug-likeness (QED) is 0.440. The summed E-state index contributed by atoms with van der Waals surface area (Å²) in [6.07, 6.45) is 5.51. The fourth-order valence-electron chi connectivity index (χ4n) is 1.21. The maximum atomic E-state index is 5.15. The topological polar surface area (TPSA) is 12.5 Å². The fraction of sp³-hybridized carbons (Fsp3) is 1.00. The highest BCUT2D eigenvalue weighted by atomic mass is 35.5. The first-order valence-electron chi connectivity index (χ1n) is 2.62. The van der Waals surface area contributed by atoms with E-state index in [0.717, 1.165) is 0 Å². The van der Waals surface area contributed by atoms with Gasteiger partial charge in [0.25, 0.3) is 0 Å². The van der Waals surface area contributed by atoms with Gasteiger partial charge < -0.3 is 4.74 Å². The molecule has 1 aliphatic heterocycles. The molecule has 0 bridgehead atoms. The number of ether oxygens (including phenoxy) is 1. The molecule has 1 aliphatic carbocycles. The molecule has 2 unspecified atom stereocenters. The summed E-state index contributed by atoms with van der Waals surface area (Å²) in [4.78, 5) is 0. The molecule has 1 saturated heterocycles. The number of rotatable bonds is 0. The van der Waals surface area contributed by atoms with E-state index in [4.69, 9.17) is 4.74 Å². The SMILES string of the molecule is C1CC2OC2C1.Cl. The molecule has 0 radical (unpaired) electrons. The van der Waals surface area contributed by atoms with Gasteiger partial charge in [-0.15, -0.1) is 12.4 Å². The van der Waals surface area contributed by atoms with E-state index in [0.29, 0.717) is 12.2 Å². The number of epoxide rings is 1. The molecular formula is C5H9ClO. The van der Waals surface area contributed by atoms with Crippen LogP contribution in [0.1, 0.15) is 19.3 Å². The molecule has 2 fully saturated rings. The van der Waals surface area contributed by atoms with E-state index in [1.165, 1.54) is 19.3 Å². The molecule has 0 N–H and O–H groups in total. The monoisotopic (exact) mass is 120 g/mol. The third-order valence-electron chi connectivity index (χ3n) is 1.66. The average Bonchev–Trinajstić information content (AvgIpc) is 2.17. The molecule has 0 spiro atoms. The molecule has 42 valence electrons. The van der Waals surface area contributed by atoms with Crippen LogP contribution in [0.25, 0.3) is 0 Å². The molecule has 0 amide bonds. The Bertz CT molecular complexity index is 66.5. The molecule has 2 rings (SSSR count). The first kappa shape index (κ1) is 5.39. The summed E-state index contributed by atoms with van der Waals surface area (Å²) in [7, 11) is 0. The van der Waals surface area contributed by atoms with E-state index < -0.39 is 0 Å². The van der Waals surface area contributed by atoms with Gasteiger partial charge in [0.1, 0.15) is 0 Å². The van der Waals surface area contributed by atoms with Crippen molar-refractivity contribution in [2.24, 2.45) is 0 Å². The summed E-state index contributed by atoms with van der Waals surface area (Å²) in [5.41, 5.74) is 0. The molecule has 1 nitrogen and oxygen atoms in total. The van der Waals surface area contributed by atoms with E-state index in [-0.39, 0.29) is 12.4 Å². The van der Waals surface area contributed by atoms with Crippen LogP contribution in [0.15, 0.2) is 0 Å². The van der Waals surface area contributed by atoms with Crippen molar-refractivity contribution < 1.29 is 4.74 Å². The van der Waals surface area contributed by atoms with Crippen molar-refractivity contribution in [3.05, 3.63) is 0 Å². The Morgan fingerprint density at radius 3 is 1.86 bits per heavy atom. The van der Waals surface area contributed by atoms with E-state index in [2.05, 4.69) is 0 Å². The van der Waals surface area contributed by atoms with E-state index >= 15 is 0 Å². The smallest absolute Gasteiger partial charge is 0.0841 e. The van der Waals surface area contributed by atoms with Gasteiger partial charge in [0.15, 0.2) is 0 Å². The maximum Gasteiger partial charge on any atom is 0.0841 e. The van der Waals surface area contributed by atoms with Crippen LogP contribution in [0.2, 0.25) is 0 Å². The third-order valence-corrected chi connectivity index (χ3v) is 1.66. The summed E-state index contributed by atoms with van der Waals surface area (Å²) >= 11 is 0. The lowest BCUT2D eigenvalue weighted by molar-refractivity contribution is 0.322. The molecule has 1 saturated carbocycles. The van der Waals surface area contributed by atoms with Crippen molar-refractivity contribution in [2.75, 3.05) is 0 Å². The zero-order valence-corrected chi connectivity index (χ0v) is 4.91. The lowest BCUT2D eigenvalue weighted by Crippen LogP contribution is -1.74. The highest BCUT2D eigenvalue weighted by Gasteiger charge is 2.42. The van der Waals surface area contributed by atoms with Crippen molar-refractivity contribution in [1.29, 1.82) is 0 Å². The Balaban J connectivity index is 0.000000245. The van der Waals surface area contributed by atoms with Crippen LogP contribution in [-0.4, -0.2) is 12.2 Å². The highest BCUT2D eigenvalue weighted by molar-refractivity contribution is 5.85. The first-order chi connectivity index (χ1) is 2.97. The second kappa shape index (κ2) is 1.64. The molecule has 2 heteroatoms.